The number of aliphatic hydroxyl groups excluding tert-OH is 1. The Kier molecular flexibility index (Phi) is 5.08. The molecule has 0 unspecified atom stereocenters. The molecular formula is C11H11F4NO2. The van der Waals surface area contributed by atoms with E-state index in [9.17, 15) is 22.4 Å². The normalized spacial score (nSPS) is 10.5. The van der Waals surface area contributed by atoms with Crippen molar-refractivity contribution in [3.05, 3.63) is 34.9 Å². The lowest BCUT2D eigenvalue weighted by Gasteiger charge is -2.07. The van der Waals surface area contributed by atoms with Crippen molar-refractivity contribution in [3.8, 4) is 0 Å². The van der Waals surface area contributed by atoms with E-state index in [1.165, 1.54) is 0 Å². The van der Waals surface area contributed by atoms with E-state index in [0.29, 0.717) is 18.9 Å². The molecule has 0 fully saturated rings. The Balaban J connectivity index is 2.80. The minimum Gasteiger partial charge on any atom is -0.396 e. The lowest BCUT2D eigenvalue weighted by Crippen LogP contribution is -2.26. The summed E-state index contributed by atoms with van der Waals surface area (Å²) in [4.78, 5) is 11.4. The number of hydrogen-bond acceptors (Lipinski definition) is 2. The van der Waals surface area contributed by atoms with Gasteiger partial charge in [-0.1, -0.05) is 0 Å². The topological polar surface area (TPSA) is 49.3 Å². The summed E-state index contributed by atoms with van der Waals surface area (Å²) in [6, 6.07) is 0.301. The van der Waals surface area contributed by atoms with E-state index in [2.05, 4.69) is 5.32 Å². The van der Waals surface area contributed by atoms with Gasteiger partial charge in [0.2, 0.25) is 0 Å². The molecule has 1 rings (SSSR count). The number of nitrogens with one attached hydrogen (secondary N) is 1. The fourth-order valence-corrected chi connectivity index (χ4v) is 1.27. The van der Waals surface area contributed by atoms with Gasteiger partial charge in [-0.05, 0) is 18.9 Å². The largest absolute Gasteiger partial charge is 0.396 e. The van der Waals surface area contributed by atoms with Crippen LogP contribution in [-0.4, -0.2) is 24.2 Å². The van der Waals surface area contributed by atoms with Crippen LogP contribution < -0.4 is 5.32 Å². The van der Waals surface area contributed by atoms with Crippen molar-refractivity contribution in [2.75, 3.05) is 13.2 Å². The van der Waals surface area contributed by atoms with Crippen LogP contribution in [0.5, 0.6) is 0 Å². The third-order valence-corrected chi connectivity index (χ3v) is 2.22. The lowest BCUT2D eigenvalue weighted by molar-refractivity contribution is 0.0946. The molecule has 18 heavy (non-hydrogen) atoms. The summed E-state index contributed by atoms with van der Waals surface area (Å²) in [5.74, 6) is -8.37. The predicted octanol–water partition coefficient (Wildman–Crippen LogP) is 1.75. The number of rotatable bonds is 5. The van der Waals surface area contributed by atoms with Gasteiger partial charge >= 0.3 is 0 Å². The van der Waals surface area contributed by atoms with E-state index in [4.69, 9.17) is 5.11 Å². The molecule has 1 aromatic rings. The maximum atomic E-state index is 13.2. The van der Waals surface area contributed by atoms with E-state index in [1.54, 1.807) is 0 Å². The Morgan fingerprint density at radius 3 is 2.39 bits per heavy atom. The van der Waals surface area contributed by atoms with Gasteiger partial charge in [-0.2, -0.15) is 0 Å². The molecule has 0 heterocycles. The smallest absolute Gasteiger partial charge is 0.254 e. The first kappa shape index (κ1) is 14.4. The second kappa shape index (κ2) is 6.34. The first-order valence-electron chi connectivity index (χ1n) is 5.21. The second-order valence-electron chi connectivity index (χ2n) is 3.53. The standard InChI is InChI=1S/C11H11F4NO2/c12-7-5-6(8(13)10(15)9(7)14)11(18)16-3-1-2-4-17/h5,17H,1-4H2,(H,16,18). The van der Waals surface area contributed by atoms with Gasteiger partial charge < -0.3 is 10.4 Å². The molecule has 1 amide bonds. The van der Waals surface area contributed by atoms with Crippen LogP contribution in [0.4, 0.5) is 17.6 Å². The highest BCUT2D eigenvalue weighted by molar-refractivity contribution is 5.94. The van der Waals surface area contributed by atoms with Gasteiger partial charge in [0.25, 0.3) is 5.91 Å². The van der Waals surface area contributed by atoms with E-state index < -0.39 is 34.7 Å². The van der Waals surface area contributed by atoms with E-state index >= 15 is 0 Å². The maximum absolute atomic E-state index is 13.2. The van der Waals surface area contributed by atoms with Crippen LogP contribution in [0.2, 0.25) is 0 Å². The molecule has 1 aromatic carbocycles. The summed E-state index contributed by atoms with van der Waals surface area (Å²) < 4.78 is 51.5. The monoisotopic (exact) mass is 265 g/mol. The number of benzene rings is 1. The number of unbranched alkanes of at least 4 members (excludes halogenated alkanes) is 1. The third kappa shape index (κ3) is 3.19. The average Bonchev–Trinajstić information content (AvgIpc) is 2.36. The fourth-order valence-electron chi connectivity index (χ4n) is 1.27. The van der Waals surface area contributed by atoms with Crippen molar-refractivity contribution < 1.29 is 27.5 Å². The van der Waals surface area contributed by atoms with Gasteiger partial charge in [0, 0.05) is 13.2 Å². The molecule has 0 saturated carbocycles. The number of carbonyl (C=O) groups excluding carboxylic acids is 1. The van der Waals surface area contributed by atoms with Crippen LogP contribution in [0, 0.1) is 23.3 Å². The molecular weight excluding hydrogens is 254 g/mol. The van der Waals surface area contributed by atoms with Gasteiger partial charge in [-0.25, -0.2) is 17.6 Å². The number of halogens is 4. The minimum atomic E-state index is -2.02. The summed E-state index contributed by atoms with van der Waals surface area (Å²) in [5, 5.41) is 10.7. The SMILES string of the molecule is O=C(NCCCCO)c1cc(F)c(F)c(F)c1F. The van der Waals surface area contributed by atoms with Crippen molar-refractivity contribution >= 4 is 5.91 Å². The lowest BCUT2D eigenvalue weighted by atomic mass is 10.1. The molecule has 0 bridgehead atoms. The molecule has 0 spiro atoms. The highest BCUT2D eigenvalue weighted by Gasteiger charge is 2.22. The van der Waals surface area contributed by atoms with E-state index in [0.717, 1.165) is 0 Å². The van der Waals surface area contributed by atoms with Crippen molar-refractivity contribution in [3.63, 3.8) is 0 Å². The second-order valence-corrected chi connectivity index (χ2v) is 3.53. The molecule has 0 aliphatic heterocycles. The molecule has 0 aliphatic carbocycles. The Labute approximate surface area is 100 Å². The average molecular weight is 265 g/mol. The fraction of sp³-hybridized carbons (Fsp3) is 0.364. The van der Waals surface area contributed by atoms with Gasteiger partial charge in [0.15, 0.2) is 23.3 Å². The number of amides is 1. The van der Waals surface area contributed by atoms with Crippen molar-refractivity contribution in [1.29, 1.82) is 0 Å². The zero-order chi connectivity index (χ0) is 13.7. The highest BCUT2D eigenvalue weighted by Crippen LogP contribution is 2.18. The van der Waals surface area contributed by atoms with Crippen LogP contribution in [-0.2, 0) is 0 Å². The highest BCUT2D eigenvalue weighted by atomic mass is 19.2. The number of carbonyl (C=O) groups is 1. The van der Waals surface area contributed by atoms with Crippen molar-refractivity contribution in [2.24, 2.45) is 0 Å². The summed E-state index contributed by atoms with van der Waals surface area (Å²) >= 11 is 0. The van der Waals surface area contributed by atoms with Crippen LogP contribution in [0.15, 0.2) is 6.07 Å². The van der Waals surface area contributed by atoms with Gasteiger partial charge in [-0.3, -0.25) is 4.79 Å². The van der Waals surface area contributed by atoms with Crippen LogP contribution in [0.25, 0.3) is 0 Å². The molecule has 0 saturated heterocycles. The molecule has 7 heteroatoms. The molecule has 0 aromatic heterocycles. The van der Waals surface area contributed by atoms with E-state index in [1.807, 2.05) is 0 Å². The van der Waals surface area contributed by atoms with Gasteiger partial charge in [0.05, 0.1) is 5.56 Å². The summed E-state index contributed by atoms with van der Waals surface area (Å²) in [6.45, 7) is 0.0451. The van der Waals surface area contributed by atoms with Crippen LogP contribution in [0.3, 0.4) is 0 Å². The van der Waals surface area contributed by atoms with Crippen molar-refractivity contribution in [2.45, 2.75) is 12.8 Å². The molecule has 0 radical (unpaired) electrons. The minimum absolute atomic E-state index is 0.0654. The van der Waals surface area contributed by atoms with Crippen LogP contribution in [0.1, 0.15) is 23.2 Å². The Morgan fingerprint density at radius 2 is 1.78 bits per heavy atom. The zero-order valence-corrected chi connectivity index (χ0v) is 9.27. The molecule has 100 valence electrons. The number of hydrogen-bond donors (Lipinski definition) is 2. The summed E-state index contributed by atoms with van der Waals surface area (Å²) in [7, 11) is 0. The molecule has 0 aliphatic rings. The van der Waals surface area contributed by atoms with Gasteiger partial charge in [-0.15, -0.1) is 0 Å². The number of aliphatic hydroxyl groups is 1. The Morgan fingerprint density at radius 1 is 1.11 bits per heavy atom. The first-order valence-corrected chi connectivity index (χ1v) is 5.21. The van der Waals surface area contributed by atoms with E-state index in [-0.39, 0.29) is 13.2 Å². The Hall–Kier alpha value is -1.63. The van der Waals surface area contributed by atoms with Gasteiger partial charge in [0.1, 0.15) is 0 Å². The first-order chi connectivity index (χ1) is 8.49. The zero-order valence-electron chi connectivity index (χ0n) is 9.27. The third-order valence-electron chi connectivity index (χ3n) is 2.22. The molecule has 3 nitrogen and oxygen atoms in total. The summed E-state index contributed by atoms with van der Waals surface area (Å²) in [5.41, 5.74) is -0.893. The molecule has 2 N–H and O–H groups in total. The summed E-state index contributed by atoms with van der Waals surface area (Å²) in [6.07, 6.45) is 0.852. The molecule has 0 atom stereocenters. The van der Waals surface area contributed by atoms with Crippen molar-refractivity contribution in [1.82, 2.24) is 5.32 Å². The maximum Gasteiger partial charge on any atom is 0.254 e. The Bertz CT molecular complexity index is 451. The van der Waals surface area contributed by atoms with Crippen LogP contribution >= 0.6 is 0 Å². The predicted molar refractivity (Wildman–Crippen MR) is 54.9 cm³/mol. The quantitative estimate of drug-likeness (QED) is 0.369.